The number of carbonyl (C=O) groups is 1. The molecule has 1 saturated heterocycles. The molecule has 18 heavy (non-hydrogen) atoms. The Morgan fingerprint density at radius 1 is 1.28 bits per heavy atom. The van der Waals surface area contributed by atoms with Gasteiger partial charge in [0.25, 0.3) is 0 Å². The van der Waals surface area contributed by atoms with Crippen molar-refractivity contribution in [3.05, 3.63) is 0 Å². The fraction of sp³-hybridized carbons (Fsp3) is 0.929. The van der Waals surface area contributed by atoms with Gasteiger partial charge in [0.05, 0.1) is 0 Å². The van der Waals surface area contributed by atoms with Crippen LogP contribution in [0.5, 0.6) is 0 Å². The third kappa shape index (κ3) is 4.47. The van der Waals surface area contributed by atoms with Crippen molar-refractivity contribution >= 4 is 17.7 Å². The van der Waals surface area contributed by atoms with Crippen LogP contribution in [0.3, 0.4) is 0 Å². The number of amides is 1. The van der Waals surface area contributed by atoms with E-state index in [2.05, 4.69) is 16.9 Å². The number of hydrogen-bond acceptors (Lipinski definition) is 3. The fourth-order valence-electron chi connectivity index (χ4n) is 3.04. The summed E-state index contributed by atoms with van der Waals surface area (Å²) < 4.78 is 0. The first-order chi connectivity index (χ1) is 8.78. The third-order valence-electron chi connectivity index (χ3n) is 4.31. The van der Waals surface area contributed by atoms with Crippen molar-refractivity contribution in [2.45, 2.75) is 56.2 Å². The van der Waals surface area contributed by atoms with E-state index in [4.69, 9.17) is 0 Å². The molecule has 2 fully saturated rings. The largest absolute Gasteiger partial charge is 0.353 e. The summed E-state index contributed by atoms with van der Waals surface area (Å²) in [6.45, 7) is 2.23. The Labute approximate surface area is 115 Å². The molecule has 1 atom stereocenters. The molecule has 1 saturated carbocycles. The Morgan fingerprint density at radius 3 is 2.67 bits per heavy atom. The number of hydrogen-bond donors (Lipinski definition) is 2. The molecule has 1 amide bonds. The van der Waals surface area contributed by atoms with Crippen LogP contribution in [0.15, 0.2) is 0 Å². The van der Waals surface area contributed by atoms with Gasteiger partial charge in [-0.1, -0.05) is 0 Å². The fourth-order valence-corrected chi connectivity index (χ4v) is 3.78. The number of nitrogens with one attached hydrogen (secondary N) is 2. The monoisotopic (exact) mass is 270 g/mol. The maximum absolute atomic E-state index is 11.9. The molecular formula is C14H26N2OS. The normalized spacial score (nSPS) is 32.4. The van der Waals surface area contributed by atoms with Crippen LogP contribution in [0.25, 0.3) is 0 Å². The van der Waals surface area contributed by atoms with Crippen LogP contribution < -0.4 is 10.6 Å². The molecule has 0 aromatic carbocycles. The second-order valence-electron chi connectivity index (χ2n) is 5.67. The van der Waals surface area contributed by atoms with E-state index in [1.807, 2.05) is 11.8 Å². The standard InChI is InChI=1S/C14H26N2OS/c1-18-13-5-3-12(4-6-13)16-14(17)7-2-11-8-9-15-10-11/h11-13,15H,2-10H2,1H3,(H,16,17). The molecule has 2 rings (SSSR count). The highest BCUT2D eigenvalue weighted by Crippen LogP contribution is 2.26. The Bertz CT molecular complexity index is 259. The van der Waals surface area contributed by atoms with Crippen LogP contribution in [0.4, 0.5) is 0 Å². The highest BCUT2D eigenvalue weighted by Gasteiger charge is 2.22. The Balaban J connectivity index is 1.59. The molecule has 0 aromatic heterocycles. The molecule has 1 aliphatic heterocycles. The predicted octanol–water partition coefficient (Wildman–Crippen LogP) is 2.17. The number of rotatable bonds is 5. The summed E-state index contributed by atoms with van der Waals surface area (Å²) in [5.74, 6) is 0.998. The number of thioether (sulfide) groups is 1. The van der Waals surface area contributed by atoms with Crippen molar-refractivity contribution in [1.29, 1.82) is 0 Å². The van der Waals surface area contributed by atoms with Crippen molar-refractivity contribution in [3.63, 3.8) is 0 Å². The van der Waals surface area contributed by atoms with Crippen molar-refractivity contribution in [3.8, 4) is 0 Å². The Morgan fingerprint density at radius 2 is 2.06 bits per heavy atom. The zero-order valence-electron chi connectivity index (χ0n) is 11.4. The molecule has 0 aromatic rings. The van der Waals surface area contributed by atoms with Gasteiger partial charge in [0.2, 0.25) is 5.91 Å². The smallest absolute Gasteiger partial charge is 0.220 e. The molecule has 0 bridgehead atoms. The summed E-state index contributed by atoms with van der Waals surface area (Å²) in [6, 6.07) is 0.447. The lowest BCUT2D eigenvalue weighted by atomic mass is 9.94. The SMILES string of the molecule is CSC1CCC(NC(=O)CCC2CCNC2)CC1. The summed E-state index contributed by atoms with van der Waals surface area (Å²) in [4.78, 5) is 11.9. The van der Waals surface area contributed by atoms with Crippen molar-refractivity contribution < 1.29 is 4.79 Å². The molecule has 4 heteroatoms. The minimum absolute atomic E-state index is 0.273. The second-order valence-corrected chi connectivity index (χ2v) is 6.81. The van der Waals surface area contributed by atoms with Crippen molar-refractivity contribution in [2.75, 3.05) is 19.3 Å². The minimum Gasteiger partial charge on any atom is -0.353 e. The lowest BCUT2D eigenvalue weighted by Gasteiger charge is -2.28. The highest BCUT2D eigenvalue weighted by atomic mass is 32.2. The summed E-state index contributed by atoms with van der Waals surface area (Å²) in [6.07, 6.45) is 10.1. The number of carbonyl (C=O) groups excluding carboxylic acids is 1. The van der Waals surface area contributed by atoms with Gasteiger partial charge in [0.15, 0.2) is 0 Å². The van der Waals surface area contributed by atoms with Crippen molar-refractivity contribution in [1.82, 2.24) is 10.6 Å². The van der Waals surface area contributed by atoms with Gasteiger partial charge in [-0.25, -0.2) is 0 Å². The van der Waals surface area contributed by atoms with Crippen LogP contribution in [0.1, 0.15) is 44.9 Å². The van der Waals surface area contributed by atoms with Gasteiger partial charge in [-0.15, -0.1) is 0 Å². The zero-order valence-corrected chi connectivity index (χ0v) is 12.2. The first kappa shape index (κ1) is 14.2. The van der Waals surface area contributed by atoms with E-state index in [9.17, 15) is 4.79 Å². The van der Waals surface area contributed by atoms with Gasteiger partial charge in [-0.2, -0.15) is 11.8 Å². The molecule has 3 nitrogen and oxygen atoms in total. The Hall–Kier alpha value is -0.220. The molecule has 0 spiro atoms. The summed E-state index contributed by atoms with van der Waals surface area (Å²) in [5.41, 5.74) is 0. The lowest BCUT2D eigenvalue weighted by Crippen LogP contribution is -2.38. The van der Waals surface area contributed by atoms with E-state index in [1.54, 1.807) is 0 Å². The van der Waals surface area contributed by atoms with Gasteiger partial charge in [-0.05, 0) is 63.8 Å². The first-order valence-electron chi connectivity index (χ1n) is 7.31. The van der Waals surface area contributed by atoms with E-state index >= 15 is 0 Å². The van der Waals surface area contributed by atoms with Gasteiger partial charge in [-0.3, -0.25) is 4.79 Å². The topological polar surface area (TPSA) is 41.1 Å². The molecular weight excluding hydrogens is 244 g/mol. The van der Waals surface area contributed by atoms with E-state index in [-0.39, 0.29) is 5.91 Å². The van der Waals surface area contributed by atoms with Gasteiger partial charge in [0.1, 0.15) is 0 Å². The molecule has 1 heterocycles. The maximum Gasteiger partial charge on any atom is 0.220 e. The lowest BCUT2D eigenvalue weighted by molar-refractivity contribution is -0.122. The maximum atomic E-state index is 11.9. The molecule has 1 aliphatic carbocycles. The summed E-state index contributed by atoms with van der Waals surface area (Å²) in [5, 5.41) is 7.40. The van der Waals surface area contributed by atoms with Crippen molar-refractivity contribution in [2.24, 2.45) is 5.92 Å². The van der Waals surface area contributed by atoms with Crippen LogP contribution in [0, 0.1) is 5.92 Å². The van der Waals surface area contributed by atoms with E-state index in [1.165, 1.54) is 32.1 Å². The van der Waals surface area contributed by atoms with Crippen LogP contribution in [-0.4, -0.2) is 36.5 Å². The summed E-state index contributed by atoms with van der Waals surface area (Å²) in [7, 11) is 0. The third-order valence-corrected chi connectivity index (χ3v) is 5.45. The van der Waals surface area contributed by atoms with Crippen LogP contribution >= 0.6 is 11.8 Å². The van der Waals surface area contributed by atoms with E-state index in [0.717, 1.165) is 37.1 Å². The quantitative estimate of drug-likeness (QED) is 0.804. The van der Waals surface area contributed by atoms with Gasteiger partial charge >= 0.3 is 0 Å². The highest BCUT2D eigenvalue weighted by molar-refractivity contribution is 7.99. The average Bonchev–Trinajstić information content (AvgIpc) is 2.90. The molecule has 0 radical (unpaired) electrons. The van der Waals surface area contributed by atoms with Crippen LogP contribution in [-0.2, 0) is 4.79 Å². The second kappa shape index (κ2) is 7.39. The minimum atomic E-state index is 0.273. The first-order valence-corrected chi connectivity index (χ1v) is 8.59. The van der Waals surface area contributed by atoms with E-state index < -0.39 is 0 Å². The molecule has 104 valence electrons. The molecule has 1 unspecified atom stereocenters. The zero-order chi connectivity index (χ0) is 12.8. The average molecular weight is 270 g/mol. The van der Waals surface area contributed by atoms with E-state index in [0.29, 0.717) is 6.04 Å². The van der Waals surface area contributed by atoms with Crippen LogP contribution in [0.2, 0.25) is 0 Å². The van der Waals surface area contributed by atoms with Gasteiger partial charge in [0, 0.05) is 17.7 Å². The Kier molecular flexibility index (Phi) is 5.83. The molecule has 2 N–H and O–H groups in total. The molecule has 2 aliphatic rings. The summed E-state index contributed by atoms with van der Waals surface area (Å²) >= 11 is 1.97. The predicted molar refractivity (Wildman–Crippen MR) is 77.9 cm³/mol. The van der Waals surface area contributed by atoms with Gasteiger partial charge < -0.3 is 10.6 Å².